The molecule has 1 aliphatic heterocycles. The second kappa shape index (κ2) is 7.66. The molecule has 5 heteroatoms. The highest BCUT2D eigenvalue weighted by Gasteiger charge is 2.17. The maximum atomic E-state index is 11.8. The highest BCUT2D eigenvalue weighted by atomic mass is 32.2. The fraction of sp³-hybridized carbons (Fsp3) is 0.250. The van der Waals surface area contributed by atoms with Crippen LogP contribution in [0, 0.1) is 6.92 Å². The molecule has 25 heavy (non-hydrogen) atoms. The van der Waals surface area contributed by atoms with Crippen molar-refractivity contribution >= 4 is 23.7 Å². The van der Waals surface area contributed by atoms with Gasteiger partial charge in [-0.15, -0.1) is 11.8 Å². The number of carbonyl (C=O) groups excluding carboxylic acids is 1. The number of aromatic hydroxyl groups is 1. The summed E-state index contributed by atoms with van der Waals surface area (Å²) >= 11 is 1.65. The van der Waals surface area contributed by atoms with Crippen LogP contribution in [-0.4, -0.2) is 24.7 Å². The molecular formula is C20H21NO3S. The van der Waals surface area contributed by atoms with Crippen molar-refractivity contribution in [3.05, 3.63) is 58.7 Å². The Balaban J connectivity index is 1.85. The Morgan fingerprint density at radius 2 is 2.04 bits per heavy atom. The predicted molar refractivity (Wildman–Crippen MR) is 101 cm³/mol. The van der Waals surface area contributed by atoms with Crippen LogP contribution >= 0.6 is 11.8 Å². The van der Waals surface area contributed by atoms with E-state index < -0.39 is 0 Å². The largest absolute Gasteiger partial charge is 0.504 e. The van der Waals surface area contributed by atoms with E-state index in [2.05, 4.69) is 36.5 Å². The highest BCUT2D eigenvalue weighted by molar-refractivity contribution is 7.98. The lowest BCUT2D eigenvalue weighted by atomic mass is 10.1. The SMILES string of the molecule is COc1cc(C=C2CCNC2=O)cc(CSc2ccc(C)cc2)c1O. The van der Waals surface area contributed by atoms with Gasteiger partial charge in [0.05, 0.1) is 7.11 Å². The van der Waals surface area contributed by atoms with Crippen molar-refractivity contribution in [3.8, 4) is 11.5 Å². The van der Waals surface area contributed by atoms with Gasteiger partial charge in [0, 0.05) is 28.3 Å². The number of thioether (sulfide) groups is 1. The molecule has 2 aromatic rings. The van der Waals surface area contributed by atoms with E-state index in [4.69, 9.17) is 4.74 Å². The molecule has 0 aromatic heterocycles. The molecule has 1 heterocycles. The lowest BCUT2D eigenvalue weighted by Gasteiger charge is -2.11. The van der Waals surface area contributed by atoms with Crippen LogP contribution in [0.4, 0.5) is 0 Å². The number of nitrogens with one attached hydrogen (secondary N) is 1. The van der Waals surface area contributed by atoms with Crippen LogP contribution < -0.4 is 10.1 Å². The number of rotatable bonds is 5. The van der Waals surface area contributed by atoms with E-state index in [1.165, 1.54) is 12.7 Å². The Labute approximate surface area is 151 Å². The molecule has 1 fully saturated rings. The fourth-order valence-corrected chi connectivity index (χ4v) is 3.58. The molecule has 0 aliphatic carbocycles. The molecule has 4 nitrogen and oxygen atoms in total. The molecule has 0 saturated carbocycles. The van der Waals surface area contributed by atoms with Crippen molar-refractivity contribution in [1.82, 2.24) is 5.32 Å². The second-order valence-electron chi connectivity index (χ2n) is 6.01. The quantitative estimate of drug-likeness (QED) is 0.631. The summed E-state index contributed by atoms with van der Waals surface area (Å²) in [4.78, 5) is 12.9. The topological polar surface area (TPSA) is 58.6 Å². The summed E-state index contributed by atoms with van der Waals surface area (Å²) in [6.45, 7) is 2.73. The number of phenolic OH excluding ortho intramolecular Hbond substituents is 1. The summed E-state index contributed by atoms with van der Waals surface area (Å²) in [5, 5.41) is 13.2. The highest BCUT2D eigenvalue weighted by Crippen LogP contribution is 2.36. The zero-order chi connectivity index (χ0) is 17.8. The number of hydrogen-bond acceptors (Lipinski definition) is 4. The fourth-order valence-electron chi connectivity index (χ4n) is 2.71. The zero-order valence-electron chi connectivity index (χ0n) is 14.3. The second-order valence-corrected chi connectivity index (χ2v) is 7.06. The molecule has 0 radical (unpaired) electrons. The van der Waals surface area contributed by atoms with Crippen molar-refractivity contribution in [2.75, 3.05) is 13.7 Å². The third kappa shape index (κ3) is 4.17. The van der Waals surface area contributed by atoms with Crippen LogP contribution in [0.25, 0.3) is 6.08 Å². The number of carbonyl (C=O) groups is 1. The molecule has 130 valence electrons. The van der Waals surface area contributed by atoms with Gasteiger partial charge < -0.3 is 15.2 Å². The lowest BCUT2D eigenvalue weighted by molar-refractivity contribution is -0.116. The van der Waals surface area contributed by atoms with Crippen molar-refractivity contribution in [2.24, 2.45) is 0 Å². The van der Waals surface area contributed by atoms with Crippen molar-refractivity contribution < 1.29 is 14.6 Å². The maximum absolute atomic E-state index is 11.8. The summed E-state index contributed by atoms with van der Waals surface area (Å²) < 4.78 is 5.30. The zero-order valence-corrected chi connectivity index (χ0v) is 15.2. The summed E-state index contributed by atoms with van der Waals surface area (Å²) in [6, 6.07) is 12.0. The Morgan fingerprint density at radius 3 is 2.68 bits per heavy atom. The molecule has 1 amide bonds. The molecule has 2 N–H and O–H groups in total. The Morgan fingerprint density at radius 1 is 1.28 bits per heavy atom. The summed E-state index contributed by atoms with van der Waals surface area (Å²) in [5.74, 6) is 1.17. The van der Waals surface area contributed by atoms with Gasteiger partial charge in [0.1, 0.15) is 0 Å². The normalized spacial score (nSPS) is 15.4. The van der Waals surface area contributed by atoms with E-state index in [0.717, 1.165) is 28.0 Å². The molecule has 0 atom stereocenters. The Kier molecular flexibility index (Phi) is 5.34. The number of methoxy groups -OCH3 is 1. The standard InChI is InChI=1S/C20H21NO3S/c1-13-3-5-17(6-4-13)25-12-16-10-14(11-18(24-2)19(16)22)9-15-7-8-21-20(15)23/h3-6,9-11,22H,7-8,12H2,1-2H3,(H,21,23). The van der Waals surface area contributed by atoms with E-state index in [-0.39, 0.29) is 11.7 Å². The van der Waals surface area contributed by atoms with Crippen LogP contribution in [0.3, 0.4) is 0 Å². The van der Waals surface area contributed by atoms with E-state index in [1.807, 2.05) is 12.1 Å². The number of amides is 1. The Bertz CT molecular complexity index is 812. The molecule has 2 aromatic carbocycles. The van der Waals surface area contributed by atoms with Gasteiger partial charge in [-0.3, -0.25) is 4.79 Å². The lowest BCUT2D eigenvalue weighted by Crippen LogP contribution is -2.13. The first-order valence-corrected chi connectivity index (χ1v) is 9.13. The molecule has 3 rings (SSSR count). The number of ether oxygens (including phenoxy) is 1. The van der Waals surface area contributed by atoms with Crippen LogP contribution in [0.5, 0.6) is 11.5 Å². The van der Waals surface area contributed by atoms with Crippen molar-refractivity contribution in [1.29, 1.82) is 0 Å². The molecule has 1 aliphatic rings. The van der Waals surface area contributed by atoms with Crippen LogP contribution in [-0.2, 0) is 10.5 Å². The monoisotopic (exact) mass is 355 g/mol. The summed E-state index contributed by atoms with van der Waals surface area (Å²) in [5.41, 5.74) is 3.62. The van der Waals surface area contributed by atoms with Crippen LogP contribution in [0.2, 0.25) is 0 Å². The van der Waals surface area contributed by atoms with Crippen LogP contribution in [0.1, 0.15) is 23.1 Å². The molecule has 0 spiro atoms. The molecular weight excluding hydrogens is 334 g/mol. The van der Waals surface area contributed by atoms with E-state index >= 15 is 0 Å². The van der Waals surface area contributed by atoms with Crippen molar-refractivity contribution in [3.63, 3.8) is 0 Å². The number of phenols is 1. The van der Waals surface area contributed by atoms with Gasteiger partial charge in [0.2, 0.25) is 5.91 Å². The summed E-state index contributed by atoms with van der Waals surface area (Å²) in [6.07, 6.45) is 2.58. The number of benzene rings is 2. The Hall–Kier alpha value is -2.40. The van der Waals surface area contributed by atoms with E-state index in [1.54, 1.807) is 17.8 Å². The van der Waals surface area contributed by atoms with Gasteiger partial charge in [-0.05, 0) is 49.2 Å². The minimum Gasteiger partial charge on any atom is -0.504 e. The van der Waals surface area contributed by atoms with E-state index in [0.29, 0.717) is 18.0 Å². The molecule has 0 unspecified atom stereocenters. The smallest absolute Gasteiger partial charge is 0.247 e. The third-order valence-electron chi connectivity index (χ3n) is 4.12. The van der Waals surface area contributed by atoms with Gasteiger partial charge in [-0.25, -0.2) is 0 Å². The minimum atomic E-state index is -0.0253. The average molecular weight is 355 g/mol. The average Bonchev–Trinajstić information content (AvgIpc) is 3.01. The van der Waals surface area contributed by atoms with E-state index in [9.17, 15) is 9.90 Å². The van der Waals surface area contributed by atoms with Crippen LogP contribution in [0.15, 0.2) is 46.9 Å². The third-order valence-corrected chi connectivity index (χ3v) is 5.18. The first kappa shape index (κ1) is 17.4. The molecule has 1 saturated heterocycles. The van der Waals surface area contributed by atoms with Gasteiger partial charge >= 0.3 is 0 Å². The van der Waals surface area contributed by atoms with Gasteiger partial charge in [0.25, 0.3) is 0 Å². The summed E-state index contributed by atoms with van der Waals surface area (Å²) in [7, 11) is 1.53. The maximum Gasteiger partial charge on any atom is 0.247 e. The minimum absolute atomic E-state index is 0.0253. The first-order valence-electron chi connectivity index (χ1n) is 8.15. The number of hydrogen-bond donors (Lipinski definition) is 2. The first-order chi connectivity index (χ1) is 12.1. The number of aryl methyl sites for hydroxylation is 1. The predicted octanol–water partition coefficient (Wildman–Crippen LogP) is 3.90. The molecule has 0 bridgehead atoms. The van der Waals surface area contributed by atoms with Gasteiger partial charge in [-0.2, -0.15) is 0 Å². The van der Waals surface area contributed by atoms with Gasteiger partial charge in [-0.1, -0.05) is 17.7 Å². The van der Waals surface area contributed by atoms with Gasteiger partial charge in [0.15, 0.2) is 11.5 Å². The van der Waals surface area contributed by atoms with Crippen molar-refractivity contribution in [2.45, 2.75) is 24.0 Å².